The largest absolute Gasteiger partial charge is 0.490 e. The van der Waals surface area contributed by atoms with Crippen LogP contribution in [0.1, 0.15) is 17.4 Å². The third kappa shape index (κ3) is 5.68. The summed E-state index contributed by atoms with van der Waals surface area (Å²) >= 11 is 0. The number of anilines is 1. The lowest BCUT2D eigenvalue weighted by atomic mass is 10.2. The lowest BCUT2D eigenvalue weighted by Crippen LogP contribution is -2.14. The van der Waals surface area contributed by atoms with Gasteiger partial charge >= 0.3 is 6.61 Å². The van der Waals surface area contributed by atoms with Gasteiger partial charge in [0.25, 0.3) is 5.91 Å². The molecule has 1 amide bonds. The molecule has 1 heterocycles. The SMILES string of the molecule is CCOc1cc(NC(=O)c2ccn(COc3ccccc3)n2)ccc1OC(F)F. The quantitative estimate of drug-likeness (QED) is 0.580. The predicted octanol–water partition coefficient (Wildman–Crippen LogP) is 4.17. The maximum absolute atomic E-state index is 12.5. The van der Waals surface area contributed by atoms with E-state index in [4.69, 9.17) is 9.47 Å². The van der Waals surface area contributed by atoms with Crippen LogP contribution in [-0.2, 0) is 6.73 Å². The molecule has 0 spiro atoms. The van der Waals surface area contributed by atoms with Crippen molar-refractivity contribution in [3.63, 3.8) is 0 Å². The van der Waals surface area contributed by atoms with Gasteiger partial charge in [0, 0.05) is 18.0 Å². The fraction of sp³-hybridized carbons (Fsp3) is 0.200. The van der Waals surface area contributed by atoms with Crippen LogP contribution < -0.4 is 19.5 Å². The zero-order valence-electron chi connectivity index (χ0n) is 15.5. The lowest BCUT2D eigenvalue weighted by Gasteiger charge is -2.13. The molecule has 3 aromatic rings. The summed E-state index contributed by atoms with van der Waals surface area (Å²) in [7, 11) is 0. The van der Waals surface area contributed by atoms with Crippen LogP contribution in [0.5, 0.6) is 17.2 Å². The number of hydrogen-bond donors (Lipinski definition) is 1. The summed E-state index contributed by atoms with van der Waals surface area (Å²) in [5.74, 6) is 0.214. The fourth-order valence-corrected chi connectivity index (χ4v) is 2.45. The maximum Gasteiger partial charge on any atom is 0.387 e. The molecule has 2 aromatic carbocycles. The zero-order valence-corrected chi connectivity index (χ0v) is 15.5. The van der Waals surface area contributed by atoms with E-state index < -0.39 is 12.5 Å². The first-order valence-electron chi connectivity index (χ1n) is 8.79. The molecule has 0 aliphatic rings. The van der Waals surface area contributed by atoms with Crippen LogP contribution in [0.2, 0.25) is 0 Å². The number of halogens is 2. The van der Waals surface area contributed by atoms with E-state index in [1.807, 2.05) is 30.3 Å². The summed E-state index contributed by atoms with van der Waals surface area (Å²) < 4.78 is 41.7. The monoisotopic (exact) mass is 403 g/mol. The molecule has 152 valence electrons. The minimum atomic E-state index is -2.98. The summed E-state index contributed by atoms with van der Waals surface area (Å²) in [6, 6.07) is 14.9. The van der Waals surface area contributed by atoms with Gasteiger partial charge in [-0.1, -0.05) is 18.2 Å². The lowest BCUT2D eigenvalue weighted by molar-refractivity contribution is -0.0514. The third-order valence-electron chi connectivity index (χ3n) is 3.70. The number of benzene rings is 2. The molecule has 0 saturated heterocycles. The van der Waals surface area contributed by atoms with E-state index in [0.717, 1.165) is 0 Å². The molecule has 0 aliphatic carbocycles. The number of para-hydroxylation sites is 1. The van der Waals surface area contributed by atoms with Gasteiger partial charge in [-0.15, -0.1) is 0 Å². The summed E-state index contributed by atoms with van der Waals surface area (Å²) in [4.78, 5) is 12.4. The summed E-state index contributed by atoms with van der Waals surface area (Å²) in [5.41, 5.74) is 0.530. The molecule has 1 aromatic heterocycles. The van der Waals surface area contributed by atoms with Crippen LogP contribution in [0.4, 0.5) is 14.5 Å². The van der Waals surface area contributed by atoms with Crippen LogP contribution in [0, 0.1) is 0 Å². The Bertz CT molecular complexity index is 948. The molecule has 9 heteroatoms. The Morgan fingerprint density at radius 3 is 2.62 bits per heavy atom. The number of aromatic nitrogens is 2. The number of amides is 1. The Kier molecular flexibility index (Phi) is 6.62. The molecule has 0 saturated carbocycles. The molecule has 3 rings (SSSR count). The molecule has 0 radical (unpaired) electrons. The van der Waals surface area contributed by atoms with E-state index >= 15 is 0 Å². The second kappa shape index (κ2) is 9.54. The van der Waals surface area contributed by atoms with Crippen LogP contribution in [0.15, 0.2) is 60.8 Å². The number of nitrogens with zero attached hydrogens (tertiary/aromatic N) is 2. The standard InChI is InChI=1S/C20H19F2N3O4/c1-2-27-18-12-14(8-9-17(18)29-20(21)22)23-19(26)16-10-11-25(24-16)13-28-15-6-4-3-5-7-15/h3-12,20H,2,13H2,1H3,(H,23,26). The van der Waals surface area contributed by atoms with Gasteiger partial charge in [0.15, 0.2) is 23.9 Å². The van der Waals surface area contributed by atoms with Crippen molar-refractivity contribution in [2.24, 2.45) is 0 Å². The van der Waals surface area contributed by atoms with E-state index in [0.29, 0.717) is 11.4 Å². The molecule has 0 atom stereocenters. The normalized spacial score (nSPS) is 10.6. The van der Waals surface area contributed by atoms with Crippen molar-refractivity contribution in [1.29, 1.82) is 0 Å². The topological polar surface area (TPSA) is 74.6 Å². The van der Waals surface area contributed by atoms with Crippen molar-refractivity contribution in [2.45, 2.75) is 20.3 Å². The highest BCUT2D eigenvalue weighted by molar-refractivity contribution is 6.02. The Hall–Kier alpha value is -3.62. The van der Waals surface area contributed by atoms with Crippen LogP contribution in [0.3, 0.4) is 0 Å². The molecule has 0 unspecified atom stereocenters. The molecule has 29 heavy (non-hydrogen) atoms. The van der Waals surface area contributed by atoms with E-state index in [2.05, 4.69) is 15.2 Å². The molecular weight excluding hydrogens is 384 g/mol. The predicted molar refractivity (Wildman–Crippen MR) is 101 cm³/mol. The van der Waals surface area contributed by atoms with Crippen molar-refractivity contribution < 1.29 is 27.8 Å². The number of ether oxygens (including phenoxy) is 3. The number of carbonyl (C=O) groups is 1. The van der Waals surface area contributed by atoms with Gasteiger partial charge in [-0.25, -0.2) is 4.68 Å². The smallest absolute Gasteiger partial charge is 0.387 e. The second-order valence-electron chi connectivity index (χ2n) is 5.75. The van der Waals surface area contributed by atoms with Crippen molar-refractivity contribution in [3.05, 3.63) is 66.5 Å². The number of carbonyl (C=O) groups excluding carboxylic acids is 1. The van der Waals surface area contributed by atoms with Gasteiger partial charge in [0.05, 0.1) is 6.61 Å². The molecule has 1 N–H and O–H groups in total. The Balaban J connectivity index is 1.64. The highest BCUT2D eigenvalue weighted by atomic mass is 19.3. The molecule has 0 bridgehead atoms. The van der Waals surface area contributed by atoms with Gasteiger partial charge < -0.3 is 19.5 Å². The average molecular weight is 403 g/mol. The first kappa shape index (κ1) is 20.1. The summed E-state index contributed by atoms with van der Waals surface area (Å²) in [5, 5.41) is 6.81. The van der Waals surface area contributed by atoms with Crippen molar-refractivity contribution in [3.8, 4) is 17.2 Å². The summed E-state index contributed by atoms with van der Waals surface area (Å²) in [6.45, 7) is -0.868. The van der Waals surface area contributed by atoms with Crippen LogP contribution in [0.25, 0.3) is 0 Å². The van der Waals surface area contributed by atoms with Crippen molar-refractivity contribution >= 4 is 11.6 Å². The van der Waals surface area contributed by atoms with E-state index in [-0.39, 0.29) is 30.5 Å². The van der Waals surface area contributed by atoms with Gasteiger partial charge in [-0.05, 0) is 37.3 Å². The number of hydrogen-bond acceptors (Lipinski definition) is 5. The molecule has 0 fully saturated rings. The Labute approximate surface area is 165 Å². The minimum Gasteiger partial charge on any atom is -0.490 e. The maximum atomic E-state index is 12.5. The number of rotatable bonds is 9. The summed E-state index contributed by atoms with van der Waals surface area (Å²) in [6.07, 6.45) is 1.61. The first-order valence-corrected chi connectivity index (χ1v) is 8.79. The first-order chi connectivity index (χ1) is 14.0. The highest BCUT2D eigenvalue weighted by Crippen LogP contribution is 2.32. The van der Waals surface area contributed by atoms with E-state index in [1.54, 1.807) is 19.2 Å². The van der Waals surface area contributed by atoms with E-state index in [1.165, 1.54) is 22.9 Å². The van der Waals surface area contributed by atoms with Gasteiger partial charge in [0.2, 0.25) is 0 Å². The second-order valence-corrected chi connectivity index (χ2v) is 5.75. The minimum absolute atomic E-state index is 0.104. The van der Waals surface area contributed by atoms with Gasteiger partial charge in [0.1, 0.15) is 5.75 Å². The Morgan fingerprint density at radius 1 is 1.10 bits per heavy atom. The van der Waals surface area contributed by atoms with Crippen molar-refractivity contribution in [2.75, 3.05) is 11.9 Å². The molecule has 7 nitrogen and oxygen atoms in total. The molecular formula is C20H19F2N3O4. The number of alkyl halides is 2. The van der Waals surface area contributed by atoms with Gasteiger partial charge in [-0.2, -0.15) is 13.9 Å². The zero-order chi connectivity index (χ0) is 20.6. The van der Waals surface area contributed by atoms with Crippen LogP contribution in [-0.4, -0.2) is 28.9 Å². The third-order valence-corrected chi connectivity index (χ3v) is 3.70. The highest BCUT2D eigenvalue weighted by Gasteiger charge is 2.14. The van der Waals surface area contributed by atoms with Gasteiger partial charge in [-0.3, -0.25) is 4.79 Å². The van der Waals surface area contributed by atoms with Crippen molar-refractivity contribution in [1.82, 2.24) is 9.78 Å². The Morgan fingerprint density at radius 2 is 1.90 bits per heavy atom. The number of nitrogens with one attached hydrogen (secondary N) is 1. The van der Waals surface area contributed by atoms with E-state index in [9.17, 15) is 13.6 Å². The molecule has 0 aliphatic heterocycles. The average Bonchev–Trinajstić information content (AvgIpc) is 3.18. The van der Waals surface area contributed by atoms with Crippen LogP contribution >= 0.6 is 0 Å². The fourth-order valence-electron chi connectivity index (χ4n) is 2.45.